The third-order valence-electron chi connectivity index (χ3n) is 11.5. The molecule has 72 heavy (non-hydrogen) atoms. The molecule has 2 N–H and O–H groups in total. The number of rotatable bonds is 51. The number of allylic oxidation sites excluding steroid dienone is 16. The molecule has 0 aromatic carbocycles. The number of carbonyl (C=O) groups excluding carboxylic acids is 3. The Bertz CT molecular complexity index is 1580. The molecule has 0 radical (unpaired) electrons. The van der Waals surface area contributed by atoms with Crippen LogP contribution >= 0.6 is 7.82 Å². The highest BCUT2D eigenvalue weighted by molar-refractivity contribution is 7.47. The van der Waals surface area contributed by atoms with Gasteiger partial charge in [0.1, 0.15) is 12.7 Å². The fourth-order valence-electron chi connectivity index (χ4n) is 7.28. The first-order valence-electron chi connectivity index (χ1n) is 28.1. The van der Waals surface area contributed by atoms with Gasteiger partial charge in [-0.1, -0.05) is 208 Å². The number of hydrogen-bond acceptors (Lipinski definition) is 10. The monoisotopic (exact) mass is 1030 g/mol. The summed E-state index contributed by atoms with van der Waals surface area (Å²) in [7, 11) is -4.76. The van der Waals surface area contributed by atoms with Crippen LogP contribution in [0.15, 0.2) is 97.2 Å². The van der Waals surface area contributed by atoms with E-state index in [4.69, 9.17) is 23.3 Å². The van der Waals surface area contributed by atoms with Gasteiger partial charge in [0.2, 0.25) is 0 Å². The lowest BCUT2D eigenvalue weighted by atomic mass is 10.1. The number of phosphoric ester groups is 1. The Morgan fingerprint density at radius 1 is 0.403 bits per heavy atom. The summed E-state index contributed by atoms with van der Waals surface area (Å²) in [6.07, 6.45) is 62.3. The maximum Gasteiger partial charge on any atom is 0.472 e. The second-order valence-electron chi connectivity index (χ2n) is 18.3. The first-order chi connectivity index (χ1) is 35.2. The van der Waals surface area contributed by atoms with Crippen molar-refractivity contribution in [3.8, 4) is 0 Å². The van der Waals surface area contributed by atoms with Gasteiger partial charge in [0.05, 0.1) is 19.8 Å². The third-order valence-corrected chi connectivity index (χ3v) is 12.5. The van der Waals surface area contributed by atoms with Crippen molar-refractivity contribution in [1.29, 1.82) is 0 Å². The molecule has 0 aliphatic rings. The topological polar surface area (TPSA) is 155 Å². The minimum Gasteiger partial charge on any atom is -0.462 e. The van der Waals surface area contributed by atoms with E-state index in [-0.39, 0.29) is 25.9 Å². The van der Waals surface area contributed by atoms with Crippen molar-refractivity contribution in [2.45, 2.75) is 238 Å². The first kappa shape index (κ1) is 68.4. The molecule has 0 saturated heterocycles. The number of aliphatic hydroxyl groups is 1. The average Bonchev–Trinajstić information content (AvgIpc) is 3.37. The summed E-state index contributed by atoms with van der Waals surface area (Å²) >= 11 is 0. The van der Waals surface area contributed by atoms with E-state index in [1.54, 1.807) is 0 Å². The minimum absolute atomic E-state index is 0.145. The van der Waals surface area contributed by atoms with Crippen molar-refractivity contribution in [2.24, 2.45) is 0 Å². The van der Waals surface area contributed by atoms with Gasteiger partial charge in [-0.15, -0.1) is 0 Å². The lowest BCUT2D eigenvalue weighted by molar-refractivity contribution is -0.161. The van der Waals surface area contributed by atoms with Crippen LogP contribution in [0.2, 0.25) is 0 Å². The SMILES string of the molecule is CC/C=C\C/C=C\C/C=C\C/C=C\C/C=C\CCCCCC(=O)OCC(COP(=O)(O)OCC(CO)OC(=O)CCCCCCCCCCC)OC(=O)CCCCCCCCC/C=C\C/C=C\C/C=C\CC. The van der Waals surface area contributed by atoms with Gasteiger partial charge in [-0.25, -0.2) is 4.57 Å². The van der Waals surface area contributed by atoms with Crippen LogP contribution in [-0.2, 0) is 42.2 Å². The van der Waals surface area contributed by atoms with Gasteiger partial charge in [-0.05, 0) is 96.3 Å². The zero-order chi connectivity index (χ0) is 52.7. The summed E-state index contributed by atoms with van der Waals surface area (Å²) in [5, 5.41) is 9.77. The van der Waals surface area contributed by atoms with Crippen molar-refractivity contribution in [3.63, 3.8) is 0 Å². The number of phosphoric acid groups is 1. The molecule has 3 atom stereocenters. The van der Waals surface area contributed by atoms with Crippen LogP contribution in [0.4, 0.5) is 0 Å². The fourth-order valence-corrected chi connectivity index (χ4v) is 8.06. The van der Waals surface area contributed by atoms with Crippen LogP contribution < -0.4 is 0 Å². The lowest BCUT2D eigenvalue weighted by Crippen LogP contribution is -2.30. The summed E-state index contributed by atoms with van der Waals surface area (Å²) in [5.74, 6) is -1.52. The molecule has 0 amide bonds. The molecule has 412 valence electrons. The molecule has 0 aliphatic carbocycles. The number of hydrogen-bond donors (Lipinski definition) is 2. The van der Waals surface area contributed by atoms with E-state index in [2.05, 4.69) is 118 Å². The van der Waals surface area contributed by atoms with Crippen molar-refractivity contribution < 1.29 is 52.2 Å². The molecule has 0 fully saturated rings. The summed E-state index contributed by atoms with van der Waals surface area (Å²) in [6, 6.07) is 0. The van der Waals surface area contributed by atoms with Gasteiger partial charge in [0, 0.05) is 19.3 Å². The van der Waals surface area contributed by atoms with E-state index in [1.807, 2.05) is 0 Å². The Labute approximate surface area is 438 Å². The molecule has 3 unspecified atom stereocenters. The first-order valence-corrected chi connectivity index (χ1v) is 29.6. The van der Waals surface area contributed by atoms with Gasteiger partial charge in [-0.2, -0.15) is 0 Å². The van der Waals surface area contributed by atoms with Gasteiger partial charge < -0.3 is 24.2 Å². The molecule has 11 nitrogen and oxygen atoms in total. The van der Waals surface area contributed by atoms with E-state index in [0.29, 0.717) is 19.3 Å². The van der Waals surface area contributed by atoms with Crippen LogP contribution in [0.1, 0.15) is 226 Å². The van der Waals surface area contributed by atoms with Gasteiger partial charge in [0.15, 0.2) is 6.10 Å². The molecule has 0 saturated carbocycles. The molecule has 0 aliphatic heterocycles. The van der Waals surface area contributed by atoms with E-state index in [0.717, 1.165) is 128 Å². The number of aliphatic hydroxyl groups excluding tert-OH is 1. The second kappa shape index (κ2) is 53.7. The van der Waals surface area contributed by atoms with Gasteiger partial charge in [0.25, 0.3) is 0 Å². The minimum atomic E-state index is -4.76. The van der Waals surface area contributed by atoms with Gasteiger partial charge in [-0.3, -0.25) is 23.4 Å². The van der Waals surface area contributed by atoms with Crippen LogP contribution in [-0.4, -0.2) is 66.5 Å². The molecular weight excluding hydrogens is 928 g/mol. The Balaban J connectivity index is 4.80. The summed E-state index contributed by atoms with van der Waals surface area (Å²) in [5.41, 5.74) is 0. The highest BCUT2D eigenvalue weighted by Gasteiger charge is 2.28. The van der Waals surface area contributed by atoms with E-state index in [1.165, 1.54) is 38.5 Å². The number of ether oxygens (including phenoxy) is 3. The number of esters is 3. The van der Waals surface area contributed by atoms with E-state index < -0.39 is 57.8 Å². The van der Waals surface area contributed by atoms with Crippen molar-refractivity contribution in [3.05, 3.63) is 97.2 Å². The molecule has 0 aromatic heterocycles. The largest absolute Gasteiger partial charge is 0.472 e. The highest BCUT2D eigenvalue weighted by atomic mass is 31.2. The van der Waals surface area contributed by atoms with Crippen molar-refractivity contribution >= 4 is 25.7 Å². The summed E-state index contributed by atoms with van der Waals surface area (Å²) in [6.45, 7) is 4.34. The second-order valence-corrected chi connectivity index (χ2v) is 19.8. The van der Waals surface area contributed by atoms with Crippen molar-refractivity contribution in [1.82, 2.24) is 0 Å². The maximum atomic E-state index is 12.9. The zero-order valence-corrected chi connectivity index (χ0v) is 46.3. The summed E-state index contributed by atoms with van der Waals surface area (Å²) in [4.78, 5) is 48.4. The predicted molar refractivity (Wildman–Crippen MR) is 297 cm³/mol. The lowest BCUT2D eigenvalue weighted by Gasteiger charge is -2.21. The fraction of sp³-hybridized carbons (Fsp3) is 0.683. The Morgan fingerprint density at radius 2 is 0.722 bits per heavy atom. The quantitative estimate of drug-likeness (QED) is 0.0197. The maximum absolute atomic E-state index is 12.9. The highest BCUT2D eigenvalue weighted by Crippen LogP contribution is 2.43. The van der Waals surface area contributed by atoms with Crippen LogP contribution in [0, 0.1) is 0 Å². The van der Waals surface area contributed by atoms with Crippen LogP contribution in [0.25, 0.3) is 0 Å². The van der Waals surface area contributed by atoms with E-state index >= 15 is 0 Å². The van der Waals surface area contributed by atoms with Crippen LogP contribution in [0.3, 0.4) is 0 Å². The molecular formula is C60H101O11P. The molecule has 0 spiro atoms. The Morgan fingerprint density at radius 3 is 1.12 bits per heavy atom. The normalized spacial score (nSPS) is 14.1. The molecule has 0 rings (SSSR count). The van der Waals surface area contributed by atoms with Crippen molar-refractivity contribution in [2.75, 3.05) is 26.4 Å². The third kappa shape index (κ3) is 51.3. The standard InChI is InChI=1S/C60H101O11P/c1-4-7-10-13-16-19-21-23-25-27-28-30-31-33-35-38-40-43-46-49-58(62)67-53-57(71-60(64)51-48-45-42-39-36-34-32-29-26-24-22-20-17-14-11-8-5-2)55-69-72(65,66)68-54-56(52-61)70-59(63)50-47-44-41-37-18-15-12-9-6-3/h7-8,10-11,16-17,19-20,23-26,28,30,33,35,56-57,61H,4-6,9,12-15,18,21-22,27,29,31-32,34,36-55H2,1-3H3,(H,65,66)/b10-7-,11-8-,19-16-,20-17-,25-23-,26-24-,30-28-,35-33-. The molecule has 0 bridgehead atoms. The number of carbonyl (C=O) groups is 3. The Hall–Kier alpha value is -3.60. The summed E-state index contributed by atoms with van der Waals surface area (Å²) < 4.78 is 39.4. The zero-order valence-electron chi connectivity index (χ0n) is 45.4. The van der Waals surface area contributed by atoms with E-state index in [9.17, 15) is 28.9 Å². The van der Waals surface area contributed by atoms with Crippen LogP contribution in [0.5, 0.6) is 0 Å². The molecule has 0 aromatic rings. The average molecular weight is 1030 g/mol. The predicted octanol–water partition coefficient (Wildman–Crippen LogP) is 16.5. The smallest absolute Gasteiger partial charge is 0.462 e. The molecule has 0 heterocycles. The molecule has 12 heteroatoms. The Kier molecular flexibility index (Phi) is 51.0. The number of unbranched alkanes of at least 4 members (excludes halogenated alkanes) is 18. The van der Waals surface area contributed by atoms with Gasteiger partial charge >= 0.3 is 25.7 Å².